The summed E-state index contributed by atoms with van der Waals surface area (Å²) >= 11 is 0. The van der Waals surface area contributed by atoms with Crippen molar-refractivity contribution in [3.8, 4) is 0 Å². The number of fused-ring (bicyclic) bond motifs is 1. The maximum absolute atomic E-state index is 9.55. The summed E-state index contributed by atoms with van der Waals surface area (Å²) in [5.41, 5.74) is 1.09. The van der Waals surface area contributed by atoms with Crippen LogP contribution in [0.4, 0.5) is 0 Å². The van der Waals surface area contributed by atoms with E-state index in [1.54, 1.807) is 6.20 Å². The Hall–Kier alpha value is -2.63. The first-order valence-electron chi connectivity index (χ1n) is 4.60. The van der Waals surface area contributed by atoms with E-state index in [2.05, 4.69) is 9.97 Å². The molecule has 0 fully saturated rings. The number of aromatic amines is 1. The number of carbonyl (C=O) groups is 2. The summed E-state index contributed by atoms with van der Waals surface area (Å²) in [4.78, 5) is 26.1. The minimum absolute atomic E-state index is 0.558. The summed E-state index contributed by atoms with van der Waals surface area (Å²) < 4.78 is 0. The molecule has 0 aliphatic carbocycles. The van der Waals surface area contributed by atoms with Gasteiger partial charge in [-0.05, 0) is 12.1 Å². The fourth-order valence-electron chi connectivity index (χ4n) is 1.03. The number of hydrogen-bond donors (Lipinski definition) is 3. The van der Waals surface area contributed by atoms with Gasteiger partial charge in [-0.25, -0.2) is 9.59 Å². The number of H-pyrrole nitrogens is 1. The number of carboxylic acids is 2. The lowest BCUT2D eigenvalue weighted by molar-refractivity contribution is -0.134. The first kappa shape index (κ1) is 12.4. The molecule has 0 saturated heterocycles. The fourth-order valence-corrected chi connectivity index (χ4v) is 1.03. The van der Waals surface area contributed by atoms with Gasteiger partial charge >= 0.3 is 11.9 Å². The summed E-state index contributed by atoms with van der Waals surface area (Å²) in [5.74, 6) is -2.51. The SMILES string of the molecule is O=C(O)/C=C\C(=O)O.c1cc2cc[nH]c2cn1. The molecule has 0 saturated carbocycles. The predicted octanol–water partition coefficient (Wildman–Crippen LogP) is 1.27. The van der Waals surface area contributed by atoms with Crippen molar-refractivity contribution in [2.45, 2.75) is 0 Å². The molecule has 2 aromatic rings. The van der Waals surface area contributed by atoms with E-state index in [4.69, 9.17) is 10.2 Å². The van der Waals surface area contributed by atoms with Gasteiger partial charge in [0.25, 0.3) is 0 Å². The summed E-state index contributed by atoms with van der Waals surface area (Å²) in [6, 6.07) is 4.00. The summed E-state index contributed by atoms with van der Waals surface area (Å²) in [7, 11) is 0. The Labute approximate surface area is 96.2 Å². The summed E-state index contributed by atoms with van der Waals surface area (Å²) in [6.45, 7) is 0. The number of carboxylic acid groups (broad SMARTS) is 2. The van der Waals surface area contributed by atoms with Crippen LogP contribution in [0.25, 0.3) is 10.9 Å². The topological polar surface area (TPSA) is 103 Å². The van der Waals surface area contributed by atoms with Crippen LogP contribution < -0.4 is 0 Å². The highest BCUT2D eigenvalue weighted by Gasteiger charge is 1.88. The largest absolute Gasteiger partial charge is 0.478 e. The number of hydrogen-bond acceptors (Lipinski definition) is 3. The van der Waals surface area contributed by atoms with Gasteiger partial charge in [-0.15, -0.1) is 0 Å². The van der Waals surface area contributed by atoms with Crippen molar-refractivity contribution < 1.29 is 19.8 Å². The molecule has 0 atom stereocenters. The molecule has 0 unspecified atom stereocenters. The Kier molecular flexibility index (Phi) is 4.44. The monoisotopic (exact) mass is 234 g/mol. The molecule has 88 valence electrons. The van der Waals surface area contributed by atoms with Gasteiger partial charge in [-0.2, -0.15) is 0 Å². The van der Waals surface area contributed by atoms with E-state index in [1.165, 1.54) is 5.39 Å². The average Bonchev–Trinajstić information content (AvgIpc) is 2.75. The zero-order valence-corrected chi connectivity index (χ0v) is 8.70. The van der Waals surface area contributed by atoms with Gasteiger partial charge in [0.1, 0.15) is 0 Å². The van der Waals surface area contributed by atoms with Gasteiger partial charge in [0.05, 0.1) is 11.7 Å². The third kappa shape index (κ3) is 4.61. The van der Waals surface area contributed by atoms with Crippen LogP contribution in [-0.2, 0) is 9.59 Å². The van der Waals surface area contributed by atoms with Crippen molar-refractivity contribution in [3.63, 3.8) is 0 Å². The van der Waals surface area contributed by atoms with Gasteiger partial charge in [0.15, 0.2) is 0 Å². The lowest BCUT2D eigenvalue weighted by atomic mass is 10.3. The molecule has 17 heavy (non-hydrogen) atoms. The second-order valence-electron chi connectivity index (χ2n) is 2.95. The molecule has 6 nitrogen and oxygen atoms in total. The van der Waals surface area contributed by atoms with Crippen LogP contribution in [0.5, 0.6) is 0 Å². The molecule has 0 amide bonds. The van der Waals surface area contributed by atoms with Crippen molar-refractivity contribution >= 4 is 22.8 Å². The van der Waals surface area contributed by atoms with Gasteiger partial charge in [-0.3, -0.25) is 4.98 Å². The van der Waals surface area contributed by atoms with E-state index in [1.807, 2.05) is 24.5 Å². The third-order valence-electron chi connectivity index (χ3n) is 1.73. The Morgan fingerprint density at radius 2 is 1.82 bits per heavy atom. The van der Waals surface area contributed by atoms with Crippen LogP contribution in [-0.4, -0.2) is 32.1 Å². The molecule has 3 N–H and O–H groups in total. The lowest BCUT2D eigenvalue weighted by Gasteiger charge is -1.82. The molecule has 0 radical (unpaired) electrons. The van der Waals surface area contributed by atoms with Gasteiger partial charge < -0.3 is 15.2 Å². The Bertz CT molecular complexity index is 499. The Morgan fingerprint density at radius 1 is 1.18 bits per heavy atom. The molecular weight excluding hydrogens is 224 g/mol. The zero-order chi connectivity index (χ0) is 12.7. The minimum atomic E-state index is -1.26. The van der Waals surface area contributed by atoms with Gasteiger partial charge in [-0.1, -0.05) is 0 Å². The van der Waals surface area contributed by atoms with E-state index in [-0.39, 0.29) is 0 Å². The van der Waals surface area contributed by atoms with E-state index >= 15 is 0 Å². The molecule has 0 aromatic carbocycles. The normalized spacial score (nSPS) is 9.88. The van der Waals surface area contributed by atoms with Crippen molar-refractivity contribution in [1.82, 2.24) is 9.97 Å². The van der Waals surface area contributed by atoms with Gasteiger partial charge in [0.2, 0.25) is 0 Å². The average molecular weight is 234 g/mol. The predicted molar refractivity (Wildman–Crippen MR) is 60.5 cm³/mol. The maximum atomic E-state index is 9.55. The maximum Gasteiger partial charge on any atom is 0.328 e. The first-order chi connectivity index (χ1) is 8.09. The van der Waals surface area contributed by atoms with E-state index in [9.17, 15) is 9.59 Å². The van der Waals surface area contributed by atoms with E-state index in [0.717, 1.165) is 5.52 Å². The first-order valence-corrected chi connectivity index (χ1v) is 4.60. The molecule has 2 rings (SSSR count). The molecule has 0 aliphatic rings. The molecule has 2 aromatic heterocycles. The van der Waals surface area contributed by atoms with Crippen molar-refractivity contribution in [2.75, 3.05) is 0 Å². The molecule has 0 spiro atoms. The van der Waals surface area contributed by atoms with Crippen molar-refractivity contribution in [1.29, 1.82) is 0 Å². The summed E-state index contributed by atoms with van der Waals surface area (Å²) in [5, 5.41) is 16.8. The van der Waals surface area contributed by atoms with E-state index < -0.39 is 11.9 Å². The van der Waals surface area contributed by atoms with Crippen LogP contribution in [0.3, 0.4) is 0 Å². The van der Waals surface area contributed by atoms with Crippen LogP contribution in [0, 0.1) is 0 Å². The number of rotatable bonds is 2. The standard InChI is InChI=1S/C7H6N2.C4H4O4/c1-3-8-5-7-6(1)2-4-9-7;5-3(6)1-2-4(7)8/h1-5,9H;1-2H,(H,5,6)(H,7,8)/b;2-1-. The second-order valence-corrected chi connectivity index (χ2v) is 2.95. The smallest absolute Gasteiger partial charge is 0.328 e. The number of nitrogens with one attached hydrogen (secondary N) is 1. The number of aromatic nitrogens is 2. The quantitative estimate of drug-likeness (QED) is 0.679. The van der Waals surface area contributed by atoms with Crippen LogP contribution in [0.1, 0.15) is 0 Å². The van der Waals surface area contributed by atoms with Gasteiger partial charge in [0, 0.05) is 29.9 Å². The number of nitrogens with zero attached hydrogens (tertiary/aromatic N) is 1. The Morgan fingerprint density at radius 3 is 2.35 bits per heavy atom. The third-order valence-corrected chi connectivity index (χ3v) is 1.73. The zero-order valence-electron chi connectivity index (χ0n) is 8.70. The fraction of sp³-hybridized carbons (Fsp3) is 0. The highest BCUT2D eigenvalue weighted by Crippen LogP contribution is 2.07. The highest BCUT2D eigenvalue weighted by molar-refractivity contribution is 5.89. The molecule has 6 heteroatoms. The van der Waals surface area contributed by atoms with Crippen molar-refractivity contribution in [2.24, 2.45) is 0 Å². The van der Waals surface area contributed by atoms with Crippen molar-refractivity contribution in [3.05, 3.63) is 42.9 Å². The molecule has 2 heterocycles. The van der Waals surface area contributed by atoms with E-state index in [0.29, 0.717) is 12.2 Å². The van der Waals surface area contributed by atoms with Crippen LogP contribution in [0.15, 0.2) is 42.9 Å². The lowest BCUT2D eigenvalue weighted by Crippen LogP contribution is -1.91. The molecular formula is C11H10N2O4. The van der Waals surface area contributed by atoms with Crippen LogP contribution in [0.2, 0.25) is 0 Å². The molecule has 0 bridgehead atoms. The number of pyridine rings is 1. The Balaban J connectivity index is 0.000000172. The second kappa shape index (κ2) is 6.06. The van der Waals surface area contributed by atoms with Crippen LogP contribution >= 0.6 is 0 Å². The molecule has 0 aliphatic heterocycles. The highest BCUT2D eigenvalue weighted by atomic mass is 16.4. The number of aliphatic carboxylic acids is 2. The summed E-state index contributed by atoms with van der Waals surface area (Å²) in [6.07, 6.45) is 6.63. The minimum Gasteiger partial charge on any atom is -0.478 e.